The van der Waals surface area contributed by atoms with Crippen molar-refractivity contribution in [1.29, 1.82) is 0 Å². The Morgan fingerprint density at radius 2 is 1.85 bits per heavy atom. The number of hydrogen-bond acceptors (Lipinski definition) is 4. The number of hydrogen-bond donors (Lipinski definition) is 0. The molecule has 0 fully saturated rings. The minimum Gasteiger partial charge on any atom is -0.493 e. The van der Waals surface area contributed by atoms with Crippen molar-refractivity contribution in [3.63, 3.8) is 0 Å². The molecule has 0 bridgehead atoms. The van der Waals surface area contributed by atoms with E-state index in [0.717, 1.165) is 24.3 Å². The highest BCUT2D eigenvalue weighted by Crippen LogP contribution is 2.36. The fraction of sp³-hybridized carbons (Fsp3) is 0.278. The molecular formula is C18H14F5NO3. The Hall–Kier alpha value is -2.84. The lowest BCUT2D eigenvalue weighted by atomic mass is 10.1. The summed E-state index contributed by atoms with van der Waals surface area (Å²) in [6.07, 6.45) is -4.84. The van der Waals surface area contributed by atoms with Crippen molar-refractivity contribution >= 4 is 5.90 Å². The lowest BCUT2D eigenvalue weighted by Crippen LogP contribution is -2.17. The van der Waals surface area contributed by atoms with Gasteiger partial charge in [0.05, 0.1) is 6.61 Å². The van der Waals surface area contributed by atoms with Gasteiger partial charge in [-0.2, -0.15) is 0 Å². The van der Waals surface area contributed by atoms with Gasteiger partial charge in [0.25, 0.3) is 0 Å². The number of benzene rings is 2. The van der Waals surface area contributed by atoms with Gasteiger partial charge in [-0.25, -0.2) is 13.8 Å². The Morgan fingerprint density at radius 3 is 2.48 bits per heavy atom. The van der Waals surface area contributed by atoms with Crippen LogP contribution in [0.1, 0.15) is 24.1 Å². The Balaban J connectivity index is 1.93. The first-order valence-corrected chi connectivity index (χ1v) is 7.96. The van der Waals surface area contributed by atoms with E-state index in [0.29, 0.717) is 5.56 Å². The van der Waals surface area contributed by atoms with Crippen molar-refractivity contribution in [3.05, 3.63) is 59.2 Å². The lowest BCUT2D eigenvalue weighted by molar-refractivity contribution is -0.274. The van der Waals surface area contributed by atoms with Crippen LogP contribution in [0.2, 0.25) is 0 Å². The molecule has 144 valence electrons. The second kappa shape index (κ2) is 7.42. The molecule has 1 aliphatic rings. The average molecular weight is 387 g/mol. The van der Waals surface area contributed by atoms with Crippen LogP contribution in [0.15, 0.2) is 41.4 Å². The number of aliphatic imine (C=N–C) groups is 1. The second-order valence-corrected chi connectivity index (χ2v) is 5.54. The monoisotopic (exact) mass is 387 g/mol. The van der Waals surface area contributed by atoms with E-state index in [4.69, 9.17) is 9.47 Å². The minimum atomic E-state index is -4.84. The van der Waals surface area contributed by atoms with Gasteiger partial charge in [-0.1, -0.05) is 6.07 Å². The van der Waals surface area contributed by atoms with Crippen LogP contribution in [0, 0.1) is 11.6 Å². The number of halogens is 5. The third-order valence-electron chi connectivity index (χ3n) is 3.71. The third-order valence-corrected chi connectivity index (χ3v) is 3.71. The number of nitrogens with zero attached hydrogens (tertiary/aromatic N) is 1. The maximum Gasteiger partial charge on any atom is 0.573 e. The van der Waals surface area contributed by atoms with Crippen LogP contribution in [-0.2, 0) is 4.74 Å². The van der Waals surface area contributed by atoms with Crippen LogP contribution in [-0.4, -0.2) is 25.5 Å². The van der Waals surface area contributed by atoms with Gasteiger partial charge in [0.2, 0.25) is 5.90 Å². The molecule has 27 heavy (non-hydrogen) atoms. The Kier molecular flexibility index (Phi) is 5.20. The fourth-order valence-electron chi connectivity index (χ4n) is 2.64. The van der Waals surface area contributed by atoms with Crippen LogP contribution in [0.3, 0.4) is 0 Å². The van der Waals surface area contributed by atoms with E-state index < -0.39 is 35.4 Å². The Morgan fingerprint density at radius 1 is 1.15 bits per heavy atom. The summed E-state index contributed by atoms with van der Waals surface area (Å²) >= 11 is 0. The summed E-state index contributed by atoms with van der Waals surface area (Å²) < 4.78 is 79.6. The predicted octanol–water partition coefficient (Wildman–Crippen LogP) is 4.78. The van der Waals surface area contributed by atoms with Gasteiger partial charge in [0.1, 0.15) is 41.3 Å². The van der Waals surface area contributed by atoms with Crippen molar-refractivity contribution in [1.82, 2.24) is 0 Å². The first kappa shape index (κ1) is 18.9. The topological polar surface area (TPSA) is 40.0 Å². The zero-order valence-corrected chi connectivity index (χ0v) is 14.0. The molecule has 3 rings (SSSR count). The van der Waals surface area contributed by atoms with E-state index >= 15 is 0 Å². The SMILES string of the molecule is CCOc1cc(OC(F)(F)F)ccc1C1COC(c2c(F)cccc2F)=N1. The standard InChI is InChI=1S/C18H14F5NO3/c1-2-25-15-8-10(27-18(21,22)23)6-7-11(15)14-9-26-17(24-14)16-12(19)4-3-5-13(16)20/h3-8,14H,2,9H2,1H3. The number of rotatable bonds is 5. The molecule has 0 radical (unpaired) electrons. The molecule has 0 N–H and O–H groups in total. The van der Waals surface area contributed by atoms with Crippen LogP contribution in [0.5, 0.6) is 11.5 Å². The molecule has 0 saturated heterocycles. The summed E-state index contributed by atoms with van der Waals surface area (Å²) in [4.78, 5) is 4.17. The van der Waals surface area contributed by atoms with E-state index in [1.54, 1.807) is 6.92 Å². The highest BCUT2D eigenvalue weighted by atomic mass is 19.4. The number of ether oxygens (including phenoxy) is 3. The quantitative estimate of drug-likeness (QED) is 0.694. The molecule has 1 atom stereocenters. The molecule has 1 heterocycles. The van der Waals surface area contributed by atoms with Crippen LogP contribution in [0.4, 0.5) is 22.0 Å². The van der Waals surface area contributed by atoms with Crippen molar-refractivity contribution in [2.75, 3.05) is 13.2 Å². The summed E-state index contributed by atoms with van der Waals surface area (Å²) in [6.45, 7) is 1.81. The summed E-state index contributed by atoms with van der Waals surface area (Å²) in [5.41, 5.74) is 0.0214. The zero-order valence-electron chi connectivity index (χ0n) is 14.0. The molecule has 0 aromatic heterocycles. The Labute approximate surface area is 151 Å². The normalized spacial score (nSPS) is 16.7. The van der Waals surface area contributed by atoms with Gasteiger partial charge >= 0.3 is 6.36 Å². The molecular weight excluding hydrogens is 373 g/mol. The summed E-state index contributed by atoms with van der Waals surface area (Å²) in [6, 6.07) is 6.23. The average Bonchev–Trinajstić information content (AvgIpc) is 3.03. The van der Waals surface area contributed by atoms with Crippen molar-refractivity contribution < 1.29 is 36.2 Å². The molecule has 0 aliphatic carbocycles. The first-order valence-electron chi connectivity index (χ1n) is 7.96. The van der Waals surface area contributed by atoms with Gasteiger partial charge in [-0.3, -0.25) is 0 Å². The van der Waals surface area contributed by atoms with Crippen LogP contribution >= 0.6 is 0 Å². The third kappa shape index (κ3) is 4.29. The van der Waals surface area contributed by atoms with Gasteiger partial charge in [0.15, 0.2) is 0 Å². The maximum atomic E-state index is 13.9. The lowest BCUT2D eigenvalue weighted by Gasteiger charge is -2.15. The smallest absolute Gasteiger partial charge is 0.493 e. The van der Waals surface area contributed by atoms with E-state index in [1.165, 1.54) is 12.1 Å². The zero-order chi connectivity index (χ0) is 19.6. The van der Waals surface area contributed by atoms with E-state index in [9.17, 15) is 22.0 Å². The van der Waals surface area contributed by atoms with Crippen molar-refractivity contribution in [3.8, 4) is 11.5 Å². The highest BCUT2D eigenvalue weighted by Gasteiger charge is 2.32. The number of alkyl halides is 3. The molecule has 0 saturated carbocycles. The summed E-state index contributed by atoms with van der Waals surface area (Å²) in [5.74, 6) is -2.19. The van der Waals surface area contributed by atoms with Crippen molar-refractivity contribution in [2.45, 2.75) is 19.3 Å². The summed E-state index contributed by atoms with van der Waals surface area (Å²) in [5, 5.41) is 0. The minimum absolute atomic E-state index is 0.0390. The van der Waals surface area contributed by atoms with E-state index in [-0.39, 0.29) is 24.9 Å². The van der Waals surface area contributed by atoms with Gasteiger partial charge in [-0.15, -0.1) is 13.2 Å². The van der Waals surface area contributed by atoms with Crippen LogP contribution < -0.4 is 9.47 Å². The molecule has 9 heteroatoms. The molecule has 0 spiro atoms. The van der Waals surface area contributed by atoms with E-state index in [1.807, 2.05) is 0 Å². The summed E-state index contributed by atoms with van der Waals surface area (Å²) in [7, 11) is 0. The molecule has 1 unspecified atom stereocenters. The maximum absolute atomic E-state index is 13.9. The van der Waals surface area contributed by atoms with Crippen molar-refractivity contribution in [2.24, 2.45) is 4.99 Å². The largest absolute Gasteiger partial charge is 0.573 e. The first-order chi connectivity index (χ1) is 12.8. The molecule has 1 aliphatic heterocycles. The van der Waals surface area contributed by atoms with Gasteiger partial charge in [-0.05, 0) is 31.2 Å². The molecule has 0 amide bonds. The fourth-order valence-corrected chi connectivity index (χ4v) is 2.64. The van der Waals surface area contributed by atoms with Gasteiger partial charge < -0.3 is 14.2 Å². The predicted molar refractivity (Wildman–Crippen MR) is 85.9 cm³/mol. The highest BCUT2D eigenvalue weighted by molar-refractivity contribution is 5.95. The molecule has 2 aromatic rings. The van der Waals surface area contributed by atoms with Crippen LogP contribution in [0.25, 0.3) is 0 Å². The molecule has 2 aromatic carbocycles. The molecule has 4 nitrogen and oxygen atoms in total. The second-order valence-electron chi connectivity index (χ2n) is 5.54. The Bertz CT molecular complexity index is 846. The van der Waals surface area contributed by atoms with E-state index in [2.05, 4.69) is 9.73 Å². The van der Waals surface area contributed by atoms with Gasteiger partial charge in [0, 0.05) is 11.6 Å².